The minimum Gasteiger partial charge on any atom is -0.208 e. The van der Waals surface area contributed by atoms with E-state index >= 15 is 0 Å². The first-order valence-corrected chi connectivity index (χ1v) is 15.8. The summed E-state index contributed by atoms with van der Waals surface area (Å²) in [5.74, 6) is 2.00. The van der Waals surface area contributed by atoms with Crippen LogP contribution in [0, 0.1) is 0 Å². The molecule has 210 valence electrons. The SMILES string of the molecule is c1ccc2cc(-c3ccc(-c4nc(-c5ccc6ccccc6c5)nc(-c5cccc6sc7ccccc7c56)n4)cc3)ccc2c1. The van der Waals surface area contributed by atoms with E-state index in [2.05, 4.69) is 152 Å². The van der Waals surface area contributed by atoms with Crippen molar-refractivity contribution < 1.29 is 0 Å². The van der Waals surface area contributed by atoms with Crippen molar-refractivity contribution in [1.82, 2.24) is 15.0 Å². The van der Waals surface area contributed by atoms with E-state index in [4.69, 9.17) is 15.0 Å². The number of hydrogen-bond acceptors (Lipinski definition) is 4. The van der Waals surface area contributed by atoms with Crippen LogP contribution >= 0.6 is 11.3 Å². The predicted molar refractivity (Wildman–Crippen MR) is 189 cm³/mol. The summed E-state index contributed by atoms with van der Waals surface area (Å²) in [6.45, 7) is 0. The van der Waals surface area contributed by atoms with E-state index < -0.39 is 0 Å². The first kappa shape index (κ1) is 25.8. The van der Waals surface area contributed by atoms with Crippen molar-refractivity contribution in [3.05, 3.63) is 152 Å². The molecule has 0 aliphatic rings. The van der Waals surface area contributed by atoms with Gasteiger partial charge in [0.05, 0.1) is 0 Å². The number of rotatable bonds is 4. The van der Waals surface area contributed by atoms with Crippen molar-refractivity contribution in [3.63, 3.8) is 0 Å². The maximum absolute atomic E-state index is 5.12. The second-order valence-electron chi connectivity index (χ2n) is 11.3. The summed E-state index contributed by atoms with van der Waals surface area (Å²) in [4.78, 5) is 15.3. The molecule has 2 heterocycles. The van der Waals surface area contributed by atoms with E-state index in [1.54, 1.807) is 11.3 Å². The van der Waals surface area contributed by atoms with Crippen LogP contribution in [0.2, 0.25) is 0 Å². The largest absolute Gasteiger partial charge is 0.208 e. The lowest BCUT2D eigenvalue weighted by Crippen LogP contribution is -2.00. The van der Waals surface area contributed by atoms with Crippen molar-refractivity contribution >= 4 is 53.1 Å². The maximum Gasteiger partial charge on any atom is 0.164 e. The molecular formula is C41H25N3S. The third kappa shape index (κ3) is 4.55. The first-order valence-electron chi connectivity index (χ1n) is 15.0. The van der Waals surface area contributed by atoms with Gasteiger partial charge in [0.15, 0.2) is 17.5 Å². The lowest BCUT2D eigenvalue weighted by atomic mass is 10.00. The van der Waals surface area contributed by atoms with Gasteiger partial charge in [0.1, 0.15) is 0 Å². The second kappa shape index (κ2) is 10.5. The summed E-state index contributed by atoms with van der Waals surface area (Å²) >= 11 is 1.80. The number of benzene rings is 7. The lowest BCUT2D eigenvalue weighted by molar-refractivity contribution is 1.08. The van der Waals surface area contributed by atoms with Crippen LogP contribution in [-0.2, 0) is 0 Å². The molecular weight excluding hydrogens is 567 g/mol. The van der Waals surface area contributed by atoms with Crippen LogP contribution in [0.25, 0.3) is 87.0 Å². The fourth-order valence-electron chi connectivity index (χ4n) is 6.22. The molecule has 9 aromatic rings. The van der Waals surface area contributed by atoms with Gasteiger partial charge in [-0.15, -0.1) is 11.3 Å². The third-order valence-corrected chi connectivity index (χ3v) is 9.65. The Morgan fingerprint density at radius 2 is 0.889 bits per heavy atom. The maximum atomic E-state index is 5.12. The number of thiophene rings is 1. The molecule has 4 heteroatoms. The van der Waals surface area contributed by atoms with Gasteiger partial charge in [-0.3, -0.25) is 0 Å². The van der Waals surface area contributed by atoms with Gasteiger partial charge in [-0.2, -0.15) is 0 Å². The molecule has 0 N–H and O–H groups in total. The van der Waals surface area contributed by atoms with E-state index in [1.807, 2.05) is 0 Å². The molecule has 0 spiro atoms. The van der Waals surface area contributed by atoms with Gasteiger partial charge >= 0.3 is 0 Å². The van der Waals surface area contributed by atoms with Gasteiger partial charge in [0.25, 0.3) is 0 Å². The molecule has 45 heavy (non-hydrogen) atoms. The topological polar surface area (TPSA) is 38.7 Å². The molecule has 0 radical (unpaired) electrons. The van der Waals surface area contributed by atoms with Gasteiger partial charge in [-0.1, -0.05) is 127 Å². The summed E-state index contributed by atoms with van der Waals surface area (Å²) in [5, 5.41) is 7.23. The minimum absolute atomic E-state index is 0.657. The summed E-state index contributed by atoms with van der Waals surface area (Å²) in [6.07, 6.45) is 0. The van der Waals surface area contributed by atoms with E-state index in [1.165, 1.54) is 41.9 Å². The Balaban J connectivity index is 1.21. The molecule has 0 saturated carbocycles. The normalized spacial score (nSPS) is 11.6. The standard InChI is InChI=1S/C41H25N3S/c1-3-10-30-24-32(22-18-26(30)8-1)28-16-20-29(21-17-28)39-42-40(33-23-19-27-9-2-4-11-31(27)25-33)44-41(43-39)35-13-7-15-37-38(35)34-12-5-6-14-36(34)45-37/h1-25H. The molecule has 9 rings (SSSR count). The fraction of sp³-hybridized carbons (Fsp3) is 0. The molecule has 0 aliphatic carbocycles. The van der Waals surface area contributed by atoms with E-state index in [9.17, 15) is 0 Å². The third-order valence-electron chi connectivity index (χ3n) is 8.51. The molecule has 7 aromatic carbocycles. The van der Waals surface area contributed by atoms with Crippen LogP contribution in [0.4, 0.5) is 0 Å². The monoisotopic (exact) mass is 591 g/mol. The van der Waals surface area contributed by atoms with Crippen molar-refractivity contribution in [2.45, 2.75) is 0 Å². The smallest absolute Gasteiger partial charge is 0.164 e. The van der Waals surface area contributed by atoms with E-state index in [0.717, 1.165) is 27.6 Å². The van der Waals surface area contributed by atoms with Gasteiger partial charge in [0, 0.05) is 36.9 Å². The van der Waals surface area contributed by atoms with Gasteiger partial charge < -0.3 is 0 Å². The van der Waals surface area contributed by atoms with Crippen molar-refractivity contribution in [1.29, 1.82) is 0 Å². The molecule has 0 fully saturated rings. The zero-order chi connectivity index (χ0) is 29.7. The van der Waals surface area contributed by atoms with E-state index in [-0.39, 0.29) is 0 Å². The number of hydrogen-bond donors (Lipinski definition) is 0. The summed E-state index contributed by atoms with van der Waals surface area (Å²) in [5.41, 5.74) is 5.28. The average Bonchev–Trinajstić information content (AvgIpc) is 3.50. The molecule has 0 atom stereocenters. The second-order valence-corrected chi connectivity index (χ2v) is 12.4. The molecule has 2 aromatic heterocycles. The van der Waals surface area contributed by atoms with Crippen LogP contribution < -0.4 is 0 Å². The molecule has 0 aliphatic heterocycles. The van der Waals surface area contributed by atoms with Gasteiger partial charge in [-0.05, 0) is 56.9 Å². The zero-order valence-corrected chi connectivity index (χ0v) is 25.0. The summed E-state index contributed by atoms with van der Waals surface area (Å²) in [6, 6.07) is 53.4. The highest BCUT2D eigenvalue weighted by Crippen LogP contribution is 2.40. The zero-order valence-electron chi connectivity index (χ0n) is 24.2. The Hall–Kier alpha value is -5.71. The van der Waals surface area contributed by atoms with Crippen LogP contribution in [0.1, 0.15) is 0 Å². The number of nitrogens with zero attached hydrogens (tertiary/aromatic N) is 3. The number of fused-ring (bicyclic) bond motifs is 5. The first-order chi connectivity index (χ1) is 22.3. The van der Waals surface area contributed by atoms with Crippen molar-refractivity contribution in [2.24, 2.45) is 0 Å². The predicted octanol–water partition coefficient (Wildman–Crippen LogP) is 11.2. The van der Waals surface area contributed by atoms with Crippen LogP contribution in [-0.4, -0.2) is 15.0 Å². The number of aromatic nitrogens is 3. The Labute approximate surface area is 264 Å². The molecule has 3 nitrogen and oxygen atoms in total. The van der Waals surface area contributed by atoms with Crippen LogP contribution in [0.5, 0.6) is 0 Å². The molecule has 0 unspecified atom stereocenters. The highest BCUT2D eigenvalue weighted by Gasteiger charge is 2.17. The Bertz CT molecular complexity index is 2550. The van der Waals surface area contributed by atoms with Crippen LogP contribution in [0.3, 0.4) is 0 Å². The lowest BCUT2D eigenvalue weighted by Gasteiger charge is -2.11. The van der Waals surface area contributed by atoms with E-state index in [0.29, 0.717) is 17.5 Å². The van der Waals surface area contributed by atoms with Crippen molar-refractivity contribution in [3.8, 4) is 45.3 Å². The van der Waals surface area contributed by atoms with Gasteiger partial charge in [-0.25, -0.2) is 15.0 Å². The molecule has 0 saturated heterocycles. The fourth-order valence-corrected chi connectivity index (χ4v) is 7.36. The average molecular weight is 592 g/mol. The Morgan fingerprint density at radius 1 is 0.356 bits per heavy atom. The quantitative estimate of drug-likeness (QED) is 0.204. The highest BCUT2D eigenvalue weighted by molar-refractivity contribution is 7.25. The minimum atomic E-state index is 0.657. The summed E-state index contributed by atoms with van der Waals surface area (Å²) in [7, 11) is 0. The summed E-state index contributed by atoms with van der Waals surface area (Å²) < 4.78 is 2.48. The molecule has 0 amide bonds. The Kier molecular flexibility index (Phi) is 6.00. The Morgan fingerprint density at radius 3 is 1.64 bits per heavy atom. The molecule has 0 bridgehead atoms. The van der Waals surface area contributed by atoms with Crippen LogP contribution in [0.15, 0.2) is 152 Å². The highest BCUT2D eigenvalue weighted by atomic mass is 32.1. The van der Waals surface area contributed by atoms with Crippen molar-refractivity contribution in [2.75, 3.05) is 0 Å². The van der Waals surface area contributed by atoms with Gasteiger partial charge in [0.2, 0.25) is 0 Å².